The van der Waals surface area contributed by atoms with Crippen LogP contribution in [-0.4, -0.2) is 5.11 Å². The highest BCUT2D eigenvalue weighted by atomic mass is 16.4. The molecule has 0 atom stereocenters. The zero-order chi connectivity index (χ0) is 9.68. The van der Waals surface area contributed by atoms with E-state index in [0.717, 1.165) is 0 Å². The van der Waals surface area contributed by atoms with Gasteiger partial charge >= 0.3 is 0 Å². The molecule has 4 nitrogen and oxygen atoms in total. The molecular weight excluding hydrogens is 168 g/mol. The molecule has 4 heteroatoms. The number of hydrogen-bond donors (Lipinski definition) is 1. The number of aliphatic hydroxyl groups is 1. The van der Waals surface area contributed by atoms with E-state index < -0.39 is 0 Å². The second kappa shape index (κ2) is 4.10. The van der Waals surface area contributed by atoms with Crippen molar-refractivity contribution in [3.05, 3.63) is 29.2 Å². The van der Waals surface area contributed by atoms with E-state index in [1.807, 2.05) is 0 Å². The SMILES string of the molecule is N#CC(C#N)=Cc1ccc(CO)o1. The van der Waals surface area contributed by atoms with Gasteiger partial charge in [-0.05, 0) is 12.1 Å². The van der Waals surface area contributed by atoms with Crippen molar-refractivity contribution < 1.29 is 9.52 Å². The zero-order valence-corrected chi connectivity index (χ0v) is 6.69. The first-order valence-corrected chi connectivity index (χ1v) is 3.51. The maximum atomic E-state index is 8.65. The molecule has 0 saturated carbocycles. The Kier molecular flexibility index (Phi) is 2.86. The fraction of sp³-hybridized carbons (Fsp3) is 0.111. The predicted molar refractivity (Wildman–Crippen MR) is 43.8 cm³/mol. The number of hydrogen-bond acceptors (Lipinski definition) is 4. The first-order valence-electron chi connectivity index (χ1n) is 3.51. The van der Waals surface area contributed by atoms with Crippen LogP contribution >= 0.6 is 0 Å². The molecule has 0 fully saturated rings. The lowest BCUT2D eigenvalue weighted by atomic mass is 10.3. The summed E-state index contributed by atoms with van der Waals surface area (Å²) in [5.74, 6) is 0.795. The van der Waals surface area contributed by atoms with Crippen LogP contribution < -0.4 is 0 Å². The van der Waals surface area contributed by atoms with Gasteiger partial charge in [0.15, 0.2) is 0 Å². The molecular formula is C9H6N2O2. The summed E-state index contributed by atoms with van der Waals surface area (Å²) in [5, 5.41) is 25.5. The van der Waals surface area contributed by atoms with Crippen molar-refractivity contribution in [3.8, 4) is 12.1 Å². The highest BCUT2D eigenvalue weighted by Gasteiger charge is 1.99. The molecule has 0 aliphatic rings. The Labute approximate surface area is 74.9 Å². The number of rotatable bonds is 2. The van der Waals surface area contributed by atoms with Crippen LogP contribution in [0.1, 0.15) is 11.5 Å². The molecule has 0 aromatic carbocycles. The van der Waals surface area contributed by atoms with Crippen LogP contribution in [0, 0.1) is 22.7 Å². The van der Waals surface area contributed by atoms with Gasteiger partial charge in [0.05, 0.1) is 0 Å². The molecule has 13 heavy (non-hydrogen) atoms. The van der Waals surface area contributed by atoms with E-state index in [2.05, 4.69) is 0 Å². The van der Waals surface area contributed by atoms with E-state index in [1.54, 1.807) is 24.3 Å². The Bertz CT molecular complexity index is 388. The van der Waals surface area contributed by atoms with E-state index in [9.17, 15) is 0 Å². The van der Waals surface area contributed by atoms with E-state index in [-0.39, 0.29) is 12.2 Å². The first-order chi connectivity index (χ1) is 6.30. The zero-order valence-electron chi connectivity index (χ0n) is 6.69. The van der Waals surface area contributed by atoms with Gasteiger partial charge in [-0.1, -0.05) is 0 Å². The Morgan fingerprint density at radius 1 is 1.46 bits per heavy atom. The van der Waals surface area contributed by atoms with Crippen LogP contribution in [0.5, 0.6) is 0 Å². The molecule has 1 heterocycles. The molecule has 0 amide bonds. The summed E-state index contributed by atoms with van der Waals surface area (Å²) in [5.41, 5.74) is -0.0289. The minimum Gasteiger partial charge on any atom is -0.459 e. The highest BCUT2D eigenvalue weighted by Crippen LogP contribution is 2.11. The van der Waals surface area contributed by atoms with Crippen LogP contribution in [-0.2, 0) is 6.61 Å². The van der Waals surface area contributed by atoms with Crippen molar-refractivity contribution in [2.75, 3.05) is 0 Å². The summed E-state index contributed by atoms with van der Waals surface area (Å²) in [4.78, 5) is 0. The average molecular weight is 174 g/mol. The van der Waals surface area contributed by atoms with Gasteiger partial charge < -0.3 is 9.52 Å². The third-order valence-corrected chi connectivity index (χ3v) is 1.37. The molecule has 64 valence electrons. The van der Waals surface area contributed by atoms with E-state index >= 15 is 0 Å². The lowest BCUT2D eigenvalue weighted by Gasteiger charge is -1.86. The largest absolute Gasteiger partial charge is 0.459 e. The van der Waals surface area contributed by atoms with Crippen molar-refractivity contribution in [3.63, 3.8) is 0 Å². The van der Waals surface area contributed by atoms with Crippen LogP contribution in [0.15, 0.2) is 22.1 Å². The molecule has 0 saturated heterocycles. The molecule has 1 N–H and O–H groups in total. The second-order valence-corrected chi connectivity index (χ2v) is 2.24. The molecule has 1 aromatic rings. The van der Waals surface area contributed by atoms with Crippen LogP contribution in [0.3, 0.4) is 0 Å². The summed E-state index contributed by atoms with van der Waals surface area (Å²) in [6, 6.07) is 6.58. The molecule has 0 bridgehead atoms. The van der Waals surface area contributed by atoms with Gasteiger partial charge in [-0.25, -0.2) is 0 Å². The first kappa shape index (κ1) is 9.05. The Balaban J connectivity index is 2.93. The lowest BCUT2D eigenvalue weighted by molar-refractivity contribution is 0.246. The summed E-state index contributed by atoms with van der Waals surface area (Å²) in [7, 11) is 0. The lowest BCUT2D eigenvalue weighted by Crippen LogP contribution is -1.74. The summed E-state index contributed by atoms with van der Waals surface area (Å²) in [6.45, 7) is -0.192. The maximum Gasteiger partial charge on any atom is 0.133 e. The number of furan rings is 1. The van der Waals surface area contributed by atoms with E-state index in [1.165, 1.54) is 6.08 Å². The molecule has 0 aliphatic carbocycles. The van der Waals surface area contributed by atoms with Crippen molar-refractivity contribution in [2.45, 2.75) is 6.61 Å². The van der Waals surface area contributed by atoms with E-state index in [0.29, 0.717) is 11.5 Å². The van der Waals surface area contributed by atoms with Crippen LogP contribution in [0.25, 0.3) is 6.08 Å². The van der Waals surface area contributed by atoms with Crippen LogP contribution in [0.2, 0.25) is 0 Å². The van der Waals surface area contributed by atoms with Gasteiger partial charge in [0.1, 0.15) is 35.8 Å². The molecule has 1 aromatic heterocycles. The molecule has 0 aliphatic heterocycles. The molecule has 0 unspecified atom stereocenters. The molecule has 0 spiro atoms. The van der Waals surface area contributed by atoms with Crippen molar-refractivity contribution in [1.29, 1.82) is 10.5 Å². The normalized spacial score (nSPS) is 8.54. The Morgan fingerprint density at radius 3 is 2.62 bits per heavy atom. The summed E-state index contributed by atoms with van der Waals surface area (Å²) in [6.07, 6.45) is 1.32. The van der Waals surface area contributed by atoms with Gasteiger partial charge in [0.2, 0.25) is 0 Å². The van der Waals surface area contributed by atoms with Gasteiger partial charge in [-0.2, -0.15) is 10.5 Å². The quantitative estimate of drug-likeness (QED) is 0.683. The predicted octanol–water partition coefficient (Wildman–Crippen LogP) is 1.20. The molecule has 0 radical (unpaired) electrons. The third kappa shape index (κ3) is 2.19. The minimum absolute atomic E-state index is 0.0289. The standard InChI is InChI=1S/C9H6N2O2/c10-4-7(5-11)3-8-1-2-9(6-12)13-8/h1-3,12H,6H2. The number of nitriles is 2. The Morgan fingerprint density at radius 2 is 2.15 bits per heavy atom. The third-order valence-electron chi connectivity index (χ3n) is 1.37. The fourth-order valence-electron chi connectivity index (χ4n) is 0.789. The van der Waals surface area contributed by atoms with Crippen molar-refractivity contribution in [2.24, 2.45) is 0 Å². The van der Waals surface area contributed by atoms with E-state index in [4.69, 9.17) is 20.0 Å². The monoisotopic (exact) mass is 174 g/mol. The summed E-state index contributed by atoms with van der Waals surface area (Å²) >= 11 is 0. The number of nitrogens with zero attached hydrogens (tertiary/aromatic N) is 2. The second-order valence-electron chi connectivity index (χ2n) is 2.24. The molecule has 1 rings (SSSR count). The van der Waals surface area contributed by atoms with Crippen molar-refractivity contribution >= 4 is 6.08 Å². The topological polar surface area (TPSA) is 81.0 Å². The average Bonchev–Trinajstić information content (AvgIpc) is 2.61. The number of aliphatic hydroxyl groups excluding tert-OH is 1. The van der Waals surface area contributed by atoms with Gasteiger partial charge in [-0.15, -0.1) is 0 Å². The highest BCUT2D eigenvalue weighted by molar-refractivity contribution is 5.58. The minimum atomic E-state index is -0.192. The fourth-order valence-corrected chi connectivity index (χ4v) is 0.789. The Hall–Kier alpha value is -2.04. The maximum absolute atomic E-state index is 8.65. The van der Waals surface area contributed by atoms with Gasteiger partial charge in [0.25, 0.3) is 0 Å². The summed E-state index contributed by atoms with van der Waals surface area (Å²) < 4.78 is 5.04. The number of allylic oxidation sites excluding steroid dienone is 1. The van der Waals surface area contributed by atoms with Gasteiger partial charge in [0, 0.05) is 6.08 Å². The van der Waals surface area contributed by atoms with Gasteiger partial charge in [-0.3, -0.25) is 0 Å². The van der Waals surface area contributed by atoms with Crippen LogP contribution in [0.4, 0.5) is 0 Å². The van der Waals surface area contributed by atoms with Crippen molar-refractivity contribution in [1.82, 2.24) is 0 Å². The smallest absolute Gasteiger partial charge is 0.133 e.